The fourth-order valence-electron chi connectivity index (χ4n) is 2.68. The van der Waals surface area contributed by atoms with Crippen LogP contribution in [0.2, 0.25) is 0 Å². The lowest BCUT2D eigenvalue weighted by atomic mass is 10.2. The molecule has 1 aromatic carbocycles. The van der Waals surface area contributed by atoms with Crippen LogP contribution in [-0.2, 0) is 6.42 Å². The van der Waals surface area contributed by atoms with Crippen LogP contribution in [-0.4, -0.2) is 22.4 Å². The van der Waals surface area contributed by atoms with Crippen molar-refractivity contribution in [1.82, 2.24) is 15.3 Å². The van der Waals surface area contributed by atoms with Crippen molar-refractivity contribution in [2.45, 2.75) is 6.42 Å². The summed E-state index contributed by atoms with van der Waals surface area (Å²) in [5, 5.41) is 4.24. The number of carbonyl (C=O) groups excluding carboxylic acids is 1. The first-order valence-corrected chi connectivity index (χ1v) is 8.31. The summed E-state index contributed by atoms with van der Waals surface area (Å²) in [5.41, 5.74) is 2.19. The van der Waals surface area contributed by atoms with E-state index in [1.54, 1.807) is 23.7 Å². The molecule has 3 aromatic heterocycles. The number of carbonyl (C=O) groups is 1. The molecule has 3 heterocycles. The summed E-state index contributed by atoms with van der Waals surface area (Å²) in [6.45, 7) is 0.616. The van der Waals surface area contributed by atoms with Gasteiger partial charge in [0.15, 0.2) is 0 Å². The molecule has 0 unspecified atom stereocenters. The van der Waals surface area contributed by atoms with Crippen molar-refractivity contribution in [3.05, 3.63) is 65.3 Å². The first kappa shape index (κ1) is 14.0. The quantitative estimate of drug-likeness (QED) is 0.601. The Bertz CT molecular complexity index is 953. The lowest BCUT2D eigenvalue weighted by molar-refractivity contribution is 0.0955. The number of aromatic nitrogens is 2. The van der Waals surface area contributed by atoms with E-state index >= 15 is 0 Å². The number of nitrogens with zero attached hydrogens (tertiary/aromatic N) is 1. The second kappa shape index (κ2) is 5.85. The molecule has 4 aromatic rings. The Kier molecular flexibility index (Phi) is 3.55. The van der Waals surface area contributed by atoms with Crippen molar-refractivity contribution in [3.8, 4) is 0 Å². The van der Waals surface area contributed by atoms with Gasteiger partial charge in [-0.05, 0) is 36.1 Å². The minimum atomic E-state index is -0.0870. The predicted octanol–water partition coefficient (Wildman–Crippen LogP) is 3.75. The number of hydrogen-bond donors (Lipinski definition) is 2. The smallest absolute Gasteiger partial charge is 0.255 e. The van der Waals surface area contributed by atoms with Crippen LogP contribution in [0.25, 0.3) is 21.1 Å². The van der Waals surface area contributed by atoms with Crippen molar-refractivity contribution >= 4 is 38.4 Å². The van der Waals surface area contributed by atoms with Crippen molar-refractivity contribution in [3.63, 3.8) is 0 Å². The predicted molar refractivity (Wildman–Crippen MR) is 94.0 cm³/mol. The van der Waals surface area contributed by atoms with E-state index in [2.05, 4.69) is 39.6 Å². The Labute approximate surface area is 137 Å². The number of hydrogen-bond acceptors (Lipinski definition) is 3. The monoisotopic (exact) mass is 321 g/mol. The van der Waals surface area contributed by atoms with Crippen LogP contribution in [0.1, 0.15) is 15.2 Å². The van der Waals surface area contributed by atoms with Crippen molar-refractivity contribution in [1.29, 1.82) is 0 Å². The van der Waals surface area contributed by atoms with Gasteiger partial charge < -0.3 is 10.3 Å². The summed E-state index contributed by atoms with van der Waals surface area (Å²) in [5.74, 6) is -0.0870. The molecule has 1 amide bonds. The molecule has 0 spiro atoms. The number of amides is 1. The van der Waals surface area contributed by atoms with Crippen LogP contribution in [0.5, 0.6) is 0 Å². The van der Waals surface area contributed by atoms with Crippen LogP contribution < -0.4 is 5.32 Å². The van der Waals surface area contributed by atoms with Gasteiger partial charge in [0, 0.05) is 28.5 Å². The maximum atomic E-state index is 12.3. The minimum absolute atomic E-state index is 0.0870. The number of rotatable bonds is 4. The number of benzene rings is 1. The van der Waals surface area contributed by atoms with Gasteiger partial charge in [0.1, 0.15) is 5.52 Å². The summed E-state index contributed by atoms with van der Waals surface area (Å²) in [6, 6.07) is 14.3. The molecule has 0 radical (unpaired) electrons. The van der Waals surface area contributed by atoms with E-state index in [1.165, 1.54) is 15.0 Å². The number of nitrogens with one attached hydrogen (secondary N) is 2. The summed E-state index contributed by atoms with van der Waals surface area (Å²) in [4.78, 5) is 20.9. The van der Waals surface area contributed by atoms with Gasteiger partial charge in [-0.15, -0.1) is 11.3 Å². The maximum Gasteiger partial charge on any atom is 0.255 e. The number of fused-ring (bicyclic) bond motifs is 2. The van der Waals surface area contributed by atoms with E-state index in [9.17, 15) is 4.79 Å². The first-order chi connectivity index (χ1) is 11.3. The Morgan fingerprint density at radius 3 is 3.04 bits per heavy atom. The molecule has 0 bridgehead atoms. The number of aromatic amines is 1. The molecule has 0 saturated carbocycles. The zero-order chi connectivity index (χ0) is 15.6. The maximum absolute atomic E-state index is 12.3. The molecule has 0 aliphatic heterocycles. The SMILES string of the molecule is O=C(NCCc1cc2ccccc2s1)c1c[nH]c2cccnc12. The van der Waals surface area contributed by atoms with Gasteiger partial charge >= 0.3 is 0 Å². The minimum Gasteiger partial charge on any atom is -0.359 e. The zero-order valence-electron chi connectivity index (χ0n) is 12.4. The van der Waals surface area contributed by atoms with Crippen LogP contribution >= 0.6 is 11.3 Å². The molecule has 0 aliphatic carbocycles. The van der Waals surface area contributed by atoms with E-state index in [0.717, 1.165) is 11.9 Å². The highest BCUT2D eigenvalue weighted by Crippen LogP contribution is 2.25. The fourth-order valence-corrected chi connectivity index (χ4v) is 3.75. The molecule has 2 N–H and O–H groups in total. The Morgan fingerprint density at radius 1 is 1.22 bits per heavy atom. The van der Waals surface area contributed by atoms with Crippen molar-refractivity contribution < 1.29 is 4.79 Å². The summed E-state index contributed by atoms with van der Waals surface area (Å²) in [7, 11) is 0. The highest BCUT2D eigenvalue weighted by Gasteiger charge is 2.12. The molecule has 0 atom stereocenters. The molecule has 0 fully saturated rings. The van der Waals surface area contributed by atoms with Crippen LogP contribution in [0.4, 0.5) is 0 Å². The largest absolute Gasteiger partial charge is 0.359 e. The normalized spacial score (nSPS) is 11.1. The third-order valence-electron chi connectivity index (χ3n) is 3.81. The average molecular weight is 321 g/mol. The van der Waals surface area contributed by atoms with Crippen LogP contribution in [0, 0.1) is 0 Å². The first-order valence-electron chi connectivity index (χ1n) is 7.49. The van der Waals surface area contributed by atoms with Gasteiger partial charge in [0.25, 0.3) is 5.91 Å². The zero-order valence-corrected chi connectivity index (χ0v) is 13.2. The molecule has 0 aliphatic rings. The highest BCUT2D eigenvalue weighted by molar-refractivity contribution is 7.19. The molecule has 4 nitrogen and oxygen atoms in total. The Morgan fingerprint density at radius 2 is 2.13 bits per heavy atom. The van der Waals surface area contributed by atoms with Crippen LogP contribution in [0.15, 0.2) is 54.9 Å². The van der Waals surface area contributed by atoms with E-state index in [-0.39, 0.29) is 5.91 Å². The molecule has 0 saturated heterocycles. The second-order valence-electron chi connectivity index (χ2n) is 5.36. The third kappa shape index (κ3) is 2.71. The van der Waals surface area contributed by atoms with Gasteiger partial charge in [0.05, 0.1) is 11.1 Å². The van der Waals surface area contributed by atoms with Crippen molar-refractivity contribution in [2.24, 2.45) is 0 Å². The fraction of sp³-hybridized carbons (Fsp3) is 0.111. The van der Waals surface area contributed by atoms with Crippen molar-refractivity contribution in [2.75, 3.05) is 6.54 Å². The summed E-state index contributed by atoms with van der Waals surface area (Å²) < 4.78 is 1.29. The molecular formula is C18H15N3OS. The third-order valence-corrected chi connectivity index (χ3v) is 4.99. The molecule has 4 rings (SSSR count). The van der Waals surface area contributed by atoms with E-state index in [0.29, 0.717) is 17.6 Å². The summed E-state index contributed by atoms with van der Waals surface area (Å²) >= 11 is 1.78. The van der Waals surface area contributed by atoms with Gasteiger partial charge in [-0.2, -0.15) is 0 Å². The molecule has 23 heavy (non-hydrogen) atoms. The topological polar surface area (TPSA) is 57.8 Å². The standard InChI is InChI=1S/C18H15N3OS/c22-18(14-11-21-15-5-3-8-19-17(14)15)20-9-7-13-10-12-4-1-2-6-16(12)23-13/h1-6,8,10-11,21H,7,9H2,(H,20,22). The Hall–Kier alpha value is -2.66. The van der Waals surface area contributed by atoms with Gasteiger partial charge in [-0.1, -0.05) is 18.2 Å². The van der Waals surface area contributed by atoms with Gasteiger partial charge in [-0.25, -0.2) is 0 Å². The number of pyridine rings is 1. The van der Waals surface area contributed by atoms with Gasteiger partial charge in [-0.3, -0.25) is 9.78 Å². The van der Waals surface area contributed by atoms with Crippen LogP contribution in [0.3, 0.4) is 0 Å². The lowest BCUT2D eigenvalue weighted by Gasteiger charge is -2.02. The lowest BCUT2D eigenvalue weighted by Crippen LogP contribution is -2.25. The average Bonchev–Trinajstić information content (AvgIpc) is 3.18. The molecular weight excluding hydrogens is 306 g/mol. The molecule has 5 heteroatoms. The Balaban J connectivity index is 1.43. The second-order valence-corrected chi connectivity index (χ2v) is 6.53. The number of H-pyrrole nitrogens is 1. The van der Waals surface area contributed by atoms with Gasteiger partial charge in [0.2, 0.25) is 0 Å². The highest BCUT2D eigenvalue weighted by atomic mass is 32.1. The van der Waals surface area contributed by atoms with E-state index < -0.39 is 0 Å². The summed E-state index contributed by atoms with van der Waals surface area (Å²) in [6.07, 6.45) is 4.25. The molecule has 114 valence electrons. The number of thiophene rings is 1. The van der Waals surface area contributed by atoms with E-state index in [4.69, 9.17) is 0 Å². The van der Waals surface area contributed by atoms with E-state index in [1.807, 2.05) is 18.2 Å².